The van der Waals surface area contributed by atoms with Crippen molar-refractivity contribution in [2.75, 3.05) is 56.2 Å². The van der Waals surface area contributed by atoms with Crippen molar-refractivity contribution in [3.05, 3.63) is 60.0 Å². The van der Waals surface area contributed by atoms with E-state index in [9.17, 15) is 4.79 Å². The summed E-state index contributed by atoms with van der Waals surface area (Å²) in [5, 5.41) is 2.99. The molecule has 0 bridgehead atoms. The van der Waals surface area contributed by atoms with Crippen LogP contribution in [0.15, 0.2) is 48.8 Å². The van der Waals surface area contributed by atoms with Crippen LogP contribution in [0, 0.1) is 6.92 Å². The van der Waals surface area contributed by atoms with Crippen molar-refractivity contribution < 1.29 is 14.3 Å². The number of morpholine rings is 2. The van der Waals surface area contributed by atoms with Crippen LogP contribution in [0.2, 0.25) is 0 Å². The van der Waals surface area contributed by atoms with Crippen LogP contribution >= 0.6 is 0 Å². The largest absolute Gasteiger partial charge is 0.378 e. The number of carbonyl (C=O) groups is 1. The average molecular weight is 422 g/mol. The summed E-state index contributed by atoms with van der Waals surface area (Å²) in [4.78, 5) is 21.6. The third kappa shape index (κ3) is 4.08. The Kier molecular flexibility index (Phi) is 5.48. The molecule has 162 valence electrons. The van der Waals surface area contributed by atoms with Gasteiger partial charge in [-0.05, 0) is 36.8 Å². The van der Waals surface area contributed by atoms with Crippen LogP contribution < -0.4 is 10.2 Å². The van der Waals surface area contributed by atoms with E-state index in [0.29, 0.717) is 19.7 Å². The summed E-state index contributed by atoms with van der Waals surface area (Å²) in [5.74, 6) is 1.10. The Morgan fingerprint density at radius 2 is 1.94 bits per heavy atom. The summed E-state index contributed by atoms with van der Waals surface area (Å²) >= 11 is 0. The highest BCUT2D eigenvalue weighted by molar-refractivity contribution is 5.89. The van der Waals surface area contributed by atoms with E-state index < -0.39 is 0 Å². The van der Waals surface area contributed by atoms with Crippen molar-refractivity contribution in [1.29, 1.82) is 0 Å². The third-order valence-corrected chi connectivity index (χ3v) is 5.84. The Labute approximate surface area is 181 Å². The number of aryl methyl sites for hydroxylation is 1. The van der Waals surface area contributed by atoms with Gasteiger partial charge in [0.25, 0.3) is 0 Å². The minimum Gasteiger partial charge on any atom is -0.378 e. The highest BCUT2D eigenvalue weighted by atomic mass is 16.5. The highest BCUT2D eigenvalue weighted by Gasteiger charge is 2.29. The van der Waals surface area contributed by atoms with Crippen LogP contribution in [0.4, 0.5) is 16.3 Å². The number of aromatic nitrogens is 2. The number of fused-ring (bicyclic) bond motifs is 1. The molecule has 0 saturated carbocycles. The SMILES string of the molecule is Cc1cccc(NC(=O)N2CCOC(c3ncn4c(N5CCOCC5)cccc34)C2)c1. The van der Waals surface area contributed by atoms with Gasteiger partial charge in [-0.2, -0.15) is 0 Å². The van der Waals surface area contributed by atoms with Crippen molar-refractivity contribution in [2.24, 2.45) is 0 Å². The number of carbonyl (C=O) groups excluding carboxylic acids is 1. The topological polar surface area (TPSA) is 71.3 Å². The van der Waals surface area contributed by atoms with Crippen molar-refractivity contribution in [3.8, 4) is 0 Å². The maximum Gasteiger partial charge on any atom is 0.322 e. The van der Waals surface area contributed by atoms with Gasteiger partial charge < -0.3 is 24.6 Å². The van der Waals surface area contributed by atoms with Crippen molar-refractivity contribution in [2.45, 2.75) is 13.0 Å². The lowest BCUT2D eigenvalue weighted by atomic mass is 10.1. The normalized spacial score (nSPS) is 19.6. The number of rotatable bonds is 3. The molecule has 2 aliphatic heterocycles. The highest BCUT2D eigenvalue weighted by Crippen LogP contribution is 2.28. The van der Waals surface area contributed by atoms with Gasteiger partial charge in [0.05, 0.1) is 37.6 Å². The molecule has 8 nitrogen and oxygen atoms in total. The first-order valence-electron chi connectivity index (χ1n) is 10.7. The second kappa shape index (κ2) is 8.56. The van der Waals surface area contributed by atoms with Crippen LogP contribution in [0.3, 0.4) is 0 Å². The van der Waals surface area contributed by atoms with E-state index >= 15 is 0 Å². The monoisotopic (exact) mass is 421 g/mol. The van der Waals surface area contributed by atoms with Crippen LogP contribution in [-0.4, -0.2) is 66.3 Å². The van der Waals surface area contributed by atoms with Gasteiger partial charge in [-0.3, -0.25) is 4.40 Å². The van der Waals surface area contributed by atoms with Crippen LogP contribution in [-0.2, 0) is 9.47 Å². The molecule has 8 heteroatoms. The number of hydrogen-bond donors (Lipinski definition) is 1. The molecule has 2 amide bonds. The van der Waals surface area contributed by atoms with Gasteiger partial charge in [0.15, 0.2) is 0 Å². The second-order valence-corrected chi connectivity index (χ2v) is 7.97. The summed E-state index contributed by atoms with van der Waals surface area (Å²) < 4.78 is 13.6. The number of benzene rings is 1. The zero-order valence-corrected chi connectivity index (χ0v) is 17.7. The number of urea groups is 1. The number of nitrogens with one attached hydrogen (secondary N) is 1. The predicted octanol–water partition coefficient (Wildman–Crippen LogP) is 3.08. The molecule has 0 aliphatic carbocycles. The van der Waals surface area contributed by atoms with E-state index in [0.717, 1.165) is 54.6 Å². The fourth-order valence-electron chi connectivity index (χ4n) is 4.25. The summed E-state index contributed by atoms with van der Waals surface area (Å²) in [6.45, 7) is 6.69. The molecule has 0 spiro atoms. The zero-order valence-electron chi connectivity index (χ0n) is 17.7. The Morgan fingerprint density at radius 1 is 1.10 bits per heavy atom. The summed E-state index contributed by atoms with van der Waals surface area (Å²) in [6, 6.07) is 13.9. The van der Waals surface area contributed by atoms with Gasteiger partial charge in [0.2, 0.25) is 0 Å². The number of imidazole rings is 1. The quantitative estimate of drug-likeness (QED) is 0.704. The molecule has 4 heterocycles. The van der Waals surface area contributed by atoms with E-state index in [2.05, 4.69) is 37.8 Å². The summed E-state index contributed by atoms with van der Waals surface area (Å²) in [6.07, 6.45) is 1.59. The lowest BCUT2D eigenvalue weighted by Gasteiger charge is -2.32. The molecule has 2 fully saturated rings. The van der Waals surface area contributed by atoms with Crippen LogP contribution in [0.5, 0.6) is 0 Å². The van der Waals surface area contributed by atoms with E-state index in [1.165, 1.54) is 0 Å². The number of hydrogen-bond acceptors (Lipinski definition) is 5. The molecule has 31 heavy (non-hydrogen) atoms. The average Bonchev–Trinajstić information content (AvgIpc) is 3.24. The Balaban J connectivity index is 1.34. The minimum atomic E-state index is -0.262. The Hall–Kier alpha value is -3.10. The number of anilines is 2. The van der Waals surface area contributed by atoms with Gasteiger partial charge in [-0.1, -0.05) is 18.2 Å². The van der Waals surface area contributed by atoms with E-state index in [-0.39, 0.29) is 12.1 Å². The molecule has 2 aliphatic rings. The Bertz CT molecular complexity index is 1080. The first-order chi connectivity index (χ1) is 15.2. The van der Waals surface area contributed by atoms with E-state index in [4.69, 9.17) is 9.47 Å². The summed E-state index contributed by atoms with van der Waals surface area (Å²) in [5.41, 5.74) is 3.78. The fraction of sp³-hybridized carbons (Fsp3) is 0.391. The van der Waals surface area contributed by atoms with Crippen LogP contribution in [0.1, 0.15) is 17.4 Å². The molecular weight excluding hydrogens is 394 g/mol. The Morgan fingerprint density at radius 3 is 2.77 bits per heavy atom. The predicted molar refractivity (Wildman–Crippen MR) is 119 cm³/mol. The second-order valence-electron chi connectivity index (χ2n) is 7.97. The molecule has 2 saturated heterocycles. The lowest BCUT2D eigenvalue weighted by Crippen LogP contribution is -2.44. The van der Waals surface area contributed by atoms with Crippen molar-refractivity contribution >= 4 is 23.1 Å². The van der Waals surface area contributed by atoms with Gasteiger partial charge in [-0.15, -0.1) is 0 Å². The van der Waals surface area contributed by atoms with Crippen molar-refractivity contribution in [1.82, 2.24) is 14.3 Å². The van der Waals surface area contributed by atoms with E-state index in [1.54, 1.807) is 4.90 Å². The van der Waals surface area contributed by atoms with Gasteiger partial charge >= 0.3 is 6.03 Å². The van der Waals surface area contributed by atoms with Crippen molar-refractivity contribution in [3.63, 3.8) is 0 Å². The molecule has 1 N–H and O–H groups in total. The number of nitrogens with zero attached hydrogens (tertiary/aromatic N) is 4. The first kappa shape index (κ1) is 19.8. The fourth-order valence-corrected chi connectivity index (χ4v) is 4.25. The zero-order chi connectivity index (χ0) is 21.2. The van der Waals surface area contributed by atoms with E-state index in [1.807, 2.05) is 37.5 Å². The molecule has 1 unspecified atom stereocenters. The standard InChI is InChI=1S/C23H27N5O3/c1-17-4-2-5-18(14-17)25-23(29)27-10-13-31-20(15-27)22-19-6-3-7-21(28(19)16-24-22)26-8-11-30-12-9-26/h2-7,14,16,20H,8-13,15H2,1H3,(H,25,29). The molecule has 5 rings (SSSR count). The number of ether oxygens (including phenoxy) is 2. The van der Waals surface area contributed by atoms with Gasteiger partial charge in [0.1, 0.15) is 18.2 Å². The molecule has 1 atom stereocenters. The number of pyridine rings is 1. The third-order valence-electron chi connectivity index (χ3n) is 5.84. The smallest absolute Gasteiger partial charge is 0.322 e. The molecule has 3 aromatic rings. The first-order valence-corrected chi connectivity index (χ1v) is 10.7. The molecular formula is C23H27N5O3. The number of amides is 2. The van der Waals surface area contributed by atoms with Crippen LogP contribution in [0.25, 0.3) is 5.52 Å². The maximum atomic E-state index is 12.8. The molecule has 1 aromatic carbocycles. The minimum absolute atomic E-state index is 0.114. The maximum absolute atomic E-state index is 12.8. The van der Waals surface area contributed by atoms with Gasteiger partial charge in [-0.25, -0.2) is 9.78 Å². The lowest BCUT2D eigenvalue weighted by molar-refractivity contribution is -0.0147. The molecule has 2 aromatic heterocycles. The summed E-state index contributed by atoms with van der Waals surface area (Å²) in [7, 11) is 0. The molecule has 0 radical (unpaired) electrons. The van der Waals surface area contributed by atoms with Gasteiger partial charge in [0, 0.05) is 25.3 Å².